The number of nitrogens with zero attached hydrogens (tertiary/aromatic N) is 1. The fourth-order valence-corrected chi connectivity index (χ4v) is 5.03. The largest absolute Gasteiger partial charge is 0.368 e. The molecule has 0 unspecified atom stereocenters. The van der Waals surface area contributed by atoms with E-state index >= 15 is 0 Å². The number of hydrogen-bond acceptors (Lipinski definition) is 4. The van der Waals surface area contributed by atoms with E-state index in [9.17, 15) is 0 Å². The van der Waals surface area contributed by atoms with Crippen LogP contribution < -0.4 is 14.9 Å². The molecule has 0 aliphatic rings. The smallest absolute Gasteiger partial charge is 0.303 e. The molecule has 4 nitrogen and oxygen atoms in total. The maximum Gasteiger partial charge on any atom is 0.368 e. The Hall–Kier alpha value is 0.0569. The number of rotatable bonds is 5. The molecule has 0 heterocycles. The zero-order valence-electron chi connectivity index (χ0n) is 10.7. The Balaban J connectivity index is 4.94. The lowest BCUT2D eigenvalue weighted by molar-refractivity contribution is 0.233. The van der Waals surface area contributed by atoms with Crippen LogP contribution in [0.25, 0.3) is 0 Å². The maximum atomic E-state index is 3.42. The molecule has 0 saturated heterocycles. The molecular formula is C9H26N4Si. The van der Waals surface area contributed by atoms with E-state index in [1.165, 1.54) is 0 Å². The Morgan fingerprint density at radius 1 is 1.00 bits per heavy atom. The van der Waals surface area contributed by atoms with Gasteiger partial charge in [0.1, 0.15) is 0 Å². The first-order valence-corrected chi connectivity index (χ1v) is 7.17. The third-order valence-corrected chi connectivity index (χ3v) is 6.58. The monoisotopic (exact) mass is 218 g/mol. The summed E-state index contributed by atoms with van der Waals surface area (Å²) in [5, 5.41) is 0. The molecule has 0 saturated carbocycles. The normalized spacial score (nSPS) is 13.7. The van der Waals surface area contributed by atoms with E-state index < -0.39 is 8.72 Å². The fourth-order valence-electron chi connectivity index (χ4n) is 1.99. The zero-order chi connectivity index (χ0) is 11.4. The van der Waals surface area contributed by atoms with Gasteiger partial charge < -0.3 is 14.9 Å². The average Bonchev–Trinajstić information content (AvgIpc) is 2.12. The van der Waals surface area contributed by atoms with E-state index in [1.807, 2.05) is 21.1 Å². The second-order valence-electron chi connectivity index (χ2n) is 4.38. The van der Waals surface area contributed by atoms with Crippen LogP contribution in [0.5, 0.6) is 0 Å². The molecule has 0 atom stereocenters. The van der Waals surface area contributed by atoms with Crippen molar-refractivity contribution in [2.24, 2.45) is 0 Å². The minimum atomic E-state index is -1.90. The first-order valence-electron chi connectivity index (χ1n) is 5.22. The van der Waals surface area contributed by atoms with Gasteiger partial charge in [0, 0.05) is 5.54 Å². The third kappa shape index (κ3) is 2.77. The van der Waals surface area contributed by atoms with Crippen molar-refractivity contribution in [2.75, 3.05) is 27.7 Å². The Kier molecular flexibility index (Phi) is 5.25. The van der Waals surface area contributed by atoms with E-state index in [0.29, 0.717) is 0 Å². The summed E-state index contributed by atoms with van der Waals surface area (Å²) < 4.78 is 2.47. The summed E-state index contributed by atoms with van der Waals surface area (Å²) in [5.41, 5.74) is 0.163. The second kappa shape index (κ2) is 5.23. The molecule has 0 rings (SSSR count). The van der Waals surface area contributed by atoms with E-state index in [4.69, 9.17) is 0 Å². The molecule has 0 aromatic rings. The van der Waals surface area contributed by atoms with Crippen molar-refractivity contribution in [3.05, 3.63) is 0 Å². The van der Waals surface area contributed by atoms with Gasteiger partial charge in [0.05, 0.1) is 0 Å². The van der Waals surface area contributed by atoms with Crippen LogP contribution >= 0.6 is 0 Å². The lowest BCUT2D eigenvalue weighted by Crippen LogP contribution is -2.82. The van der Waals surface area contributed by atoms with Gasteiger partial charge in [-0.25, -0.2) is 0 Å². The van der Waals surface area contributed by atoms with Crippen molar-refractivity contribution in [2.45, 2.75) is 33.2 Å². The van der Waals surface area contributed by atoms with Crippen LogP contribution in [-0.2, 0) is 0 Å². The average molecular weight is 218 g/mol. The summed E-state index contributed by atoms with van der Waals surface area (Å²) >= 11 is 0. The molecule has 0 radical (unpaired) electrons. The van der Waals surface area contributed by atoms with Gasteiger partial charge in [-0.2, -0.15) is 0 Å². The molecule has 0 bridgehead atoms. The topological polar surface area (TPSA) is 39.3 Å². The molecule has 0 aromatic heterocycles. The highest BCUT2D eigenvalue weighted by Crippen LogP contribution is 2.16. The fraction of sp³-hybridized carbons (Fsp3) is 1.00. The molecule has 0 aromatic carbocycles. The molecule has 3 N–H and O–H groups in total. The summed E-state index contributed by atoms with van der Waals surface area (Å²) in [6.07, 6.45) is 0. The first-order chi connectivity index (χ1) is 6.37. The molecule has 0 fully saturated rings. The lowest BCUT2D eigenvalue weighted by atomic mass is 10.1. The summed E-state index contributed by atoms with van der Waals surface area (Å²) in [7, 11) is 4.12. The van der Waals surface area contributed by atoms with Crippen LogP contribution in [0.3, 0.4) is 0 Å². The molecule has 0 aliphatic heterocycles. The molecule has 86 valence electrons. The third-order valence-electron chi connectivity index (χ3n) is 2.62. The van der Waals surface area contributed by atoms with Gasteiger partial charge in [-0.1, -0.05) is 6.92 Å². The Labute approximate surface area is 89.8 Å². The quantitative estimate of drug-likeness (QED) is 0.577. The van der Waals surface area contributed by atoms with E-state index in [2.05, 4.69) is 47.2 Å². The SMILES string of the molecule is CCN(C(C)(C)C)[Si](NC)(NC)NC. The highest BCUT2D eigenvalue weighted by atomic mass is 28.4. The predicted molar refractivity (Wildman–Crippen MR) is 65.1 cm³/mol. The highest BCUT2D eigenvalue weighted by Gasteiger charge is 2.42. The van der Waals surface area contributed by atoms with Crippen molar-refractivity contribution in [1.82, 2.24) is 19.5 Å². The van der Waals surface area contributed by atoms with Gasteiger partial charge in [0.2, 0.25) is 0 Å². The second-order valence-corrected chi connectivity index (χ2v) is 7.84. The van der Waals surface area contributed by atoms with Crippen LogP contribution in [0.4, 0.5) is 0 Å². The van der Waals surface area contributed by atoms with Gasteiger partial charge in [0.25, 0.3) is 0 Å². The highest BCUT2D eigenvalue weighted by molar-refractivity contribution is 6.69. The van der Waals surface area contributed by atoms with Gasteiger partial charge in [-0.3, -0.25) is 4.57 Å². The Morgan fingerprint density at radius 2 is 1.36 bits per heavy atom. The van der Waals surface area contributed by atoms with Crippen LogP contribution in [0.1, 0.15) is 27.7 Å². The lowest BCUT2D eigenvalue weighted by Gasteiger charge is -2.47. The van der Waals surface area contributed by atoms with Crippen LogP contribution in [0, 0.1) is 0 Å². The van der Waals surface area contributed by atoms with E-state index in [1.54, 1.807) is 0 Å². The summed E-state index contributed by atoms with van der Waals surface area (Å²) in [5.74, 6) is 0. The molecule has 14 heavy (non-hydrogen) atoms. The molecule has 0 spiro atoms. The standard InChI is InChI=1S/C9H26N4Si/c1-8-13(9(2,3)4)14(10-5,11-6)12-7/h10-12H,8H2,1-7H3. The van der Waals surface area contributed by atoms with Crippen molar-refractivity contribution in [1.29, 1.82) is 0 Å². The Morgan fingerprint density at radius 3 is 1.43 bits per heavy atom. The van der Waals surface area contributed by atoms with Gasteiger partial charge in [-0.15, -0.1) is 0 Å². The van der Waals surface area contributed by atoms with E-state index in [-0.39, 0.29) is 5.54 Å². The van der Waals surface area contributed by atoms with Crippen LogP contribution in [0.2, 0.25) is 0 Å². The van der Waals surface area contributed by atoms with E-state index in [0.717, 1.165) is 6.54 Å². The van der Waals surface area contributed by atoms with Crippen molar-refractivity contribution in [3.8, 4) is 0 Å². The summed E-state index contributed by atoms with van der Waals surface area (Å²) in [6, 6.07) is 0. The van der Waals surface area contributed by atoms with Crippen molar-refractivity contribution < 1.29 is 0 Å². The van der Waals surface area contributed by atoms with Crippen LogP contribution in [0.15, 0.2) is 0 Å². The minimum Gasteiger partial charge on any atom is -0.303 e. The van der Waals surface area contributed by atoms with Crippen LogP contribution in [-0.4, -0.2) is 46.5 Å². The van der Waals surface area contributed by atoms with Crippen molar-refractivity contribution >= 4 is 8.72 Å². The van der Waals surface area contributed by atoms with Gasteiger partial charge >= 0.3 is 8.72 Å². The zero-order valence-corrected chi connectivity index (χ0v) is 11.7. The molecular weight excluding hydrogens is 192 g/mol. The molecule has 0 amide bonds. The number of hydrogen-bond donors (Lipinski definition) is 3. The molecule has 5 heteroatoms. The molecule has 0 aliphatic carbocycles. The van der Waals surface area contributed by atoms with Gasteiger partial charge in [0.15, 0.2) is 0 Å². The minimum absolute atomic E-state index is 0.163. The summed E-state index contributed by atoms with van der Waals surface area (Å²) in [6.45, 7) is 9.94. The maximum absolute atomic E-state index is 3.42. The van der Waals surface area contributed by atoms with Gasteiger partial charge in [-0.05, 0) is 48.5 Å². The first kappa shape index (κ1) is 14.1. The Bertz CT molecular complexity index is 154. The summed E-state index contributed by atoms with van der Waals surface area (Å²) in [4.78, 5) is 10.2. The number of nitrogens with one attached hydrogen (secondary N) is 3. The van der Waals surface area contributed by atoms with Crippen molar-refractivity contribution in [3.63, 3.8) is 0 Å². The predicted octanol–water partition coefficient (Wildman–Crippen LogP) is 0.201.